The standard InChI is InChI=1S/C20H27NO5/c1-13-6-4-5-7-16(13)21(11-14(2)20(23)24-3)19(22)15-8-9-17-18(10-15)26-12-25-17/h8-10,13-14,16H,4-7,11-12H2,1-3H3. The number of methoxy groups -OCH3 is 1. The fourth-order valence-corrected chi connectivity index (χ4v) is 3.89. The Hall–Kier alpha value is -2.24. The number of hydrogen-bond acceptors (Lipinski definition) is 5. The Kier molecular flexibility index (Phi) is 5.69. The van der Waals surface area contributed by atoms with Gasteiger partial charge in [-0.15, -0.1) is 0 Å². The summed E-state index contributed by atoms with van der Waals surface area (Å²) in [5.41, 5.74) is 0.559. The second-order valence-electron chi connectivity index (χ2n) is 7.28. The van der Waals surface area contributed by atoms with E-state index in [9.17, 15) is 9.59 Å². The minimum atomic E-state index is -0.368. The number of amides is 1. The van der Waals surface area contributed by atoms with Crippen LogP contribution in [0.3, 0.4) is 0 Å². The molecule has 1 fully saturated rings. The zero-order valence-corrected chi connectivity index (χ0v) is 15.7. The van der Waals surface area contributed by atoms with Gasteiger partial charge in [0.2, 0.25) is 6.79 Å². The quantitative estimate of drug-likeness (QED) is 0.753. The molecule has 3 atom stereocenters. The number of ether oxygens (including phenoxy) is 3. The summed E-state index contributed by atoms with van der Waals surface area (Å²) >= 11 is 0. The molecule has 0 aromatic heterocycles. The highest BCUT2D eigenvalue weighted by Gasteiger charge is 2.33. The zero-order valence-electron chi connectivity index (χ0n) is 15.7. The van der Waals surface area contributed by atoms with E-state index in [2.05, 4.69) is 6.92 Å². The maximum Gasteiger partial charge on any atom is 0.310 e. The summed E-state index contributed by atoms with van der Waals surface area (Å²) in [4.78, 5) is 27.1. The third kappa shape index (κ3) is 3.79. The number of esters is 1. The van der Waals surface area contributed by atoms with Crippen LogP contribution in [0.15, 0.2) is 18.2 Å². The van der Waals surface area contributed by atoms with Gasteiger partial charge in [-0.05, 0) is 37.0 Å². The lowest BCUT2D eigenvalue weighted by Gasteiger charge is -2.39. The monoisotopic (exact) mass is 361 g/mol. The Morgan fingerprint density at radius 3 is 2.69 bits per heavy atom. The molecule has 1 aromatic carbocycles. The van der Waals surface area contributed by atoms with Crippen molar-refractivity contribution < 1.29 is 23.8 Å². The van der Waals surface area contributed by atoms with Gasteiger partial charge in [0, 0.05) is 18.2 Å². The molecular formula is C20H27NO5. The lowest BCUT2D eigenvalue weighted by atomic mass is 9.84. The van der Waals surface area contributed by atoms with E-state index < -0.39 is 0 Å². The highest BCUT2D eigenvalue weighted by Crippen LogP contribution is 2.34. The molecule has 26 heavy (non-hydrogen) atoms. The molecule has 0 radical (unpaired) electrons. The maximum absolute atomic E-state index is 13.3. The summed E-state index contributed by atoms with van der Waals surface area (Å²) in [7, 11) is 1.38. The van der Waals surface area contributed by atoms with Gasteiger partial charge in [-0.1, -0.05) is 26.7 Å². The molecule has 1 amide bonds. The summed E-state index contributed by atoms with van der Waals surface area (Å²) in [6, 6.07) is 5.39. The van der Waals surface area contributed by atoms with E-state index in [1.807, 2.05) is 4.90 Å². The largest absolute Gasteiger partial charge is 0.469 e. The van der Waals surface area contributed by atoms with E-state index in [0.29, 0.717) is 29.5 Å². The molecule has 6 heteroatoms. The molecule has 0 spiro atoms. The second kappa shape index (κ2) is 7.98. The summed E-state index contributed by atoms with van der Waals surface area (Å²) in [6.45, 7) is 4.52. The average Bonchev–Trinajstić information content (AvgIpc) is 3.13. The Morgan fingerprint density at radius 2 is 1.96 bits per heavy atom. The van der Waals surface area contributed by atoms with Crippen LogP contribution in [0.25, 0.3) is 0 Å². The first kappa shape index (κ1) is 18.5. The second-order valence-corrected chi connectivity index (χ2v) is 7.28. The molecular weight excluding hydrogens is 334 g/mol. The van der Waals surface area contributed by atoms with Crippen molar-refractivity contribution in [3.05, 3.63) is 23.8 Å². The van der Waals surface area contributed by atoms with Crippen LogP contribution in [0.5, 0.6) is 11.5 Å². The van der Waals surface area contributed by atoms with Crippen LogP contribution < -0.4 is 9.47 Å². The van der Waals surface area contributed by atoms with Crippen LogP contribution in [0.4, 0.5) is 0 Å². The van der Waals surface area contributed by atoms with Gasteiger partial charge < -0.3 is 19.1 Å². The van der Waals surface area contributed by atoms with Gasteiger partial charge in [0.25, 0.3) is 5.91 Å². The number of carbonyl (C=O) groups excluding carboxylic acids is 2. The summed E-state index contributed by atoms with van der Waals surface area (Å²) < 4.78 is 15.6. The van der Waals surface area contributed by atoms with Gasteiger partial charge >= 0.3 is 5.97 Å². The van der Waals surface area contributed by atoms with E-state index in [0.717, 1.165) is 19.3 Å². The number of nitrogens with zero attached hydrogens (tertiary/aromatic N) is 1. The first-order valence-electron chi connectivity index (χ1n) is 9.29. The predicted octanol–water partition coefficient (Wildman–Crippen LogP) is 3.25. The van der Waals surface area contributed by atoms with Crippen LogP contribution in [-0.4, -0.2) is 43.3 Å². The Morgan fingerprint density at radius 1 is 1.23 bits per heavy atom. The van der Waals surface area contributed by atoms with Crippen molar-refractivity contribution in [2.75, 3.05) is 20.4 Å². The first-order valence-corrected chi connectivity index (χ1v) is 9.29. The van der Waals surface area contributed by atoms with E-state index in [1.165, 1.54) is 13.5 Å². The van der Waals surface area contributed by atoms with E-state index in [4.69, 9.17) is 14.2 Å². The SMILES string of the molecule is COC(=O)C(C)CN(C(=O)c1ccc2c(c1)OCO2)C1CCCCC1C. The first-order chi connectivity index (χ1) is 12.5. The smallest absolute Gasteiger partial charge is 0.310 e. The van der Waals surface area contributed by atoms with Gasteiger partial charge in [0.1, 0.15) is 0 Å². The van der Waals surface area contributed by atoms with Crippen LogP contribution >= 0.6 is 0 Å². The van der Waals surface area contributed by atoms with Crippen molar-refractivity contribution in [3.63, 3.8) is 0 Å². The van der Waals surface area contributed by atoms with Crippen molar-refractivity contribution in [1.29, 1.82) is 0 Å². The van der Waals surface area contributed by atoms with Crippen LogP contribution in [0.2, 0.25) is 0 Å². The molecule has 0 bridgehead atoms. The number of benzene rings is 1. The minimum absolute atomic E-state index is 0.0715. The molecule has 142 valence electrons. The Balaban J connectivity index is 1.86. The minimum Gasteiger partial charge on any atom is -0.469 e. The molecule has 0 saturated heterocycles. The van der Waals surface area contributed by atoms with E-state index in [-0.39, 0.29) is 30.6 Å². The topological polar surface area (TPSA) is 65.1 Å². The summed E-state index contributed by atoms with van der Waals surface area (Å²) in [5.74, 6) is 0.920. The molecule has 1 aliphatic carbocycles. The van der Waals surface area contributed by atoms with Gasteiger partial charge in [-0.25, -0.2) is 0 Å². The lowest BCUT2D eigenvalue weighted by molar-refractivity contribution is -0.145. The molecule has 3 unspecified atom stereocenters. The third-order valence-corrected chi connectivity index (χ3v) is 5.42. The van der Waals surface area contributed by atoms with Crippen molar-refractivity contribution in [2.24, 2.45) is 11.8 Å². The van der Waals surface area contributed by atoms with Crippen molar-refractivity contribution in [2.45, 2.75) is 45.6 Å². The molecule has 6 nitrogen and oxygen atoms in total. The number of carbonyl (C=O) groups is 2. The molecule has 1 aromatic rings. The molecule has 1 aliphatic heterocycles. The number of fused-ring (bicyclic) bond motifs is 1. The van der Waals surface area contributed by atoms with Crippen LogP contribution in [-0.2, 0) is 9.53 Å². The zero-order chi connectivity index (χ0) is 18.7. The highest BCUT2D eigenvalue weighted by atomic mass is 16.7. The van der Waals surface area contributed by atoms with Crippen molar-refractivity contribution >= 4 is 11.9 Å². The third-order valence-electron chi connectivity index (χ3n) is 5.42. The fourth-order valence-electron chi connectivity index (χ4n) is 3.89. The summed E-state index contributed by atoms with van der Waals surface area (Å²) in [5, 5.41) is 0. The van der Waals surface area contributed by atoms with Gasteiger partial charge in [-0.3, -0.25) is 9.59 Å². The maximum atomic E-state index is 13.3. The molecule has 2 aliphatic rings. The van der Waals surface area contributed by atoms with Gasteiger partial charge in [-0.2, -0.15) is 0 Å². The average molecular weight is 361 g/mol. The van der Waals surface area contributed by atoms with E-state index in [1.54, 1.807) is 25.1 Å². The van der Waals surface area contributed by atoms with Gasteiger partial charge in [0.15, 0.2) is 11.5 Å². The van der Waals surface area contributed by atoms with Crippen LogP contribution in [0, 0.1) is 11.8 Å². The van der Waals surface area contributed by atoms with E-state index >= 15 is 0 Å². The van der Waals surface area contributed by atoms with Crippen LogP contribution in [0.1, 0.15) is 49.9 Å². The molecule has 1 saturated carbocycles. The molecule has 1 heterocycles. The normalized spacial score (nSPS) is 22.6. The Bertz CT molecular complexity index is 674. The number of hydrogen-bond donors (Lipinski definition) is 0. The molecule has 0 N–H and O–H groups in total. The lowest BCUT2D eigenvalue weighted by Crippen LogP contribution is -2.48. The van der Waals surface area contributed by atoms with Gasteiger partial charge in [0.05, 0.1) is 13.0 Å². The van der Waals surface area contributed by atoms with Crippen molar-refractivity contribution in [3.8, 4) is 11.5 Å². The highest BCUT2D eigenvalue weighted by molar-refractivity contribution is 5.95. The predicted molar refractivity (Wildman–Crippen MR) is 96.2 cm³/mol. The fraction of sp³-hybridized carbons (Fsp3) is 0.600. The molecule has 3 rings (SSSR count). The van der Waals surface area contributed by atoms with Crippen molar-refractivity contribution in [1.82, 2.24) is 4.90 Å². The summed E-state index contributed by atoms with van der Waals surface area (Å²) in [6.07, 6.45) is 4.36. The Labute approximate surface area is 154 Å². The number of rotatable bonds is 5.